The Kier molecular flexibility index (Phi) is 4.87. The lowest BCUT2D eigenvalue weighted by Gasteiger charge is -2.11. The SMILES string of the molecule is Cc1[nH]c2ccccc2c1C(=O)Nc1ccc(S(=O)(=O)/N=C2\CCCN2C)cc1. The van der Waals surface area contributed by atoms with Crippen LogP contribution in [-0.4, -0.2) is 43.6 Å². The molecular formula is C21H22N4O3S. The molecule has 1 amide bonds. The number of carbonyl (C=O) groups is 1. The zero-order valence-corrected chi connectivity index (χ0v) is 17.1. The lowest BCUT2D eigenvalue weighted by molar-refractivity contribution is 0.102. The average Bonchev–Trinajstić information content (AvgIpc) is 3.23. The molecule has 0 saturated carbocycles. The van der Waals surface area contributed by atoms with E-state index >= 15 is 0 Å². The highest BCUT2D eigenvalue weighted by Crippen LogP contribution is 2.24. The van der Waals surface area contributed by atoms with Crippen molar-refractivity contribution in [3.05, 3.63) is 59.8 Å². The molecule has 0 radical (unpaired) electrons. The summed E-state index contributed by atoms with van der Waals surface area (Å²) in [5.74, 6) is 0.334. The molecule has 0 atom stereocenters. The van der Waals surface area contributed by atoms with Gasteiger partial charge in [0.2, 0.25) is 0 Å². The van der Waals surface area contributed by atoms with Gasteiger partial charge < -0.3 is 15.2 Å². The minimum atomic E-state index is -3.77. The summed E-state index contributed by atoms with van der Waals surface area (Å²) in [4.78, 5) is 17.9. The van der Waals surface area contributed by atoms with Crippen molar-refractivity contribution in [1.29, 1.82) is 0 Å². The van der Waals surface area contributed by atoms with Crippen LogP contribution in [0.25, 0.3) is 10.9 Å². The van der Waals surface area contributed by atoms with Gasteiger partial charge in [-0.25, -0.2) is 0 Å². The molecule has 1 fully saturated rings. The molecular weight excluding hydrogens is 388 g/mol. The highest BCUT2D eigenvalue weighted by atomic mass is 32.2. The van der Waals surface area contributed by atoms with E-state index < -0.39 is 10.0 Å². The van der Waals surface area contributed by atoms with Crippen molar-refractivity contribution >= 4 is 38.4 Å². The molecule has 1 aliphatic rings. The molecule has 0 aliphatic carbocycles. The molecule has 3 aromatic rings. The van der Waals surface area contributed by atoms with E-state index in [-0.39, 0.29) is 10.8 Å². The van der Waals surface area contributed by atoms with Crippen molar-refractivity contribution in [3.63, 3.8) is 0 Å². The van der Waals surface area contributed by atoms with Crippen LogP contribution >= 0.6 is 0 Å². The number of sulfonamides is 1. The van der Waals surface area contributed by atoms with Gasteiger partial charge in [0.1, 0.15) is 5.84 Å². The van der Waals surface area contributed by atoms with Crippen molar-refractivity contribution in [2.45, 2.75) is 24.7 Å². The van der Waals surface area contributed by atoms with Gasteiger partial charge in [-0.1, -0.05) is 18.2 Å². The first-order valence-corrected chi connectivity index (χ1v) is 10.8. The maximum atomic E-state index is 12.8. The molecule has 8 heteroatoms. The first-order valence-electron chi connectivity index (χ1n) is 9.39. The number of hydrogen-bond acceptors (Lipinski definition) is 3. The smallest absolute Gasteiger partial charge is 0.283 e. The first kappa shape index (κ1) is 19.2. The number of likely N-dealkylation sites (tertiary alicyclic amines) is 1. The van der Waals surface area contributed by atoms with Crippen LogP contribution in [0.4, 0.5) is 5.69 Å². The molecule has 29 heavy (non-hydrogen) atoms. The number of amides is 1. The van der Waals surface area contributed by atoms with Gasteiger partial charge in [0.25, 0.3) is 15.9 Å². The Hall–Kier alpha value is -3.13. The van der Waals surface area contributed by atoms with E-state index in [1.54, 1.807) is 12.1 Å². The zero-order chi connectivity index (χ0) is 20.6. The summed E-state index contributed by atoms with van der Waals surface area (Å²) in [6, 6.07) is 13.7. The number of H-pyrrole nitrogens is 1. The Morgan fingerprint density at radius 1 is 1.14 bits per heavy atom. The van der Waals surface area contributed by atoms with E-state index in [9.17, 15) is 13.2 Å². The Bertz CT molecular complexity index is 1210. The summed E-state index contributed by atoms with van der Waals surface area (Å²) in [7, 11) is -1.93. The van der Waals surface area contributed by atoms with Gasteiger partial charge in [-0.15, -0.1) is 4.40 Å². The average molecular weight is 410 g/mol. The Labute approximate surface area is 169 Å². The van der Waals surface area contributed by atoms with Crippen LogP contribution in [0.1, 0.15) is 28.9 Å². The summed E-state index contributed by atoms with van der Waals surface area (Å²) in [5.41, 5.74) is 2.77. The maximum absolute atomic E-state index is 12.8. The number of aryl methyl sites for hydroxylation is 1. The standard InChI is InChI=1S/C21H22N4O3S/c1-14-20(17-6-3-4-7-18(17)22-14)21(26)23-15-9-11-16(12-10-15)29(27,28)24-19-8-5-13-25(19)2/h3-4,6-7,9-12,22H,5,8,13H2,1-2H3,(H,23,26)/b24-19+. The van der Waals surface area contributed by atoms with Gasteiger partial charge >= 0.3 is 0 Å². The predicted molar refractivity (Wildman–Crippen MR) is 114 cm³/mol. The number of aromatic amines is 1. The fourth-order valence-corrected chi connectivity index (χ4v) is 4.67. The molecule has 1 aromatic heterocycles. The molecule has 0 unspecified atom stereocenters. The summed E-state index contributed by atoms with van der Waals surface area (Å²) in [6.07, 6.45) is 1.57. The molecule has 2 aromatic carbocycles. The van der Waals surface area contributed by atoms with Crippen LogP contribution < -0.4 is 5.32 Å². The molecule has 2 N–H and O–H groups in total. The summed E-state index contributed by atoms with van der Waals surface area (Å²) >= 11 is 0. The second-order valence-electron chi connectivity index (χ2n) is 7.16. The van der Waals surface area contributed by atoms with E-state index in [4.69, 9.17) is 0 Å². The monoisotopic (exact) mass is 410 g/mol. The second-order valence-corrected chi connectivity index (χ2v) is 8.76. The fraction of sp³-hybridized carbons (Fsp3) is 0.238. The number of nitrogens with zero attached hydrogens (tertiary/aromatic N) is 2. The van der Waals surface area contributed by atoms with Gasteiger partial charge in [0, 0.05) is 42.3 Å². The molecule has 0 bridgehead atoms. The van der Waals surface area contributed by atoms with Crippen LogP contribution in [0.3, 0.4) is 0 Å². The van der Waals surface area contributed by atoms with Crippen LogP contribution in [0, 0.1) is 6.92 Å². The minimum Gasteiger partial charge on any atom is -0.362 e. The zero-order valence-electron chi connectivity index (χ0n) is 16.3. The fourth-order valence-electron chi connectivity index (χ4n) is 3.57. The van der Waals surface area contributed by atoms with Gasteiger partial charge in [-0.05, 0) is 43.7 Å². The lowest BCUT2D eigenvalue weighted by atomic mass is 10.1. The topological polar surface area (TPSA) is 94.6 Å². The van der Waals surface area contributed by atoms with Crippen molar-refractivity contribution in [2.75, 3.05) is 18.9 Å². The van der Waals surface area contributed by atoms with E-state index in [0.29, 0.717) is 23.5 Å². The van der Waals surface area contributed by atoms with E-state index in [1.165, 1.54) is 12.1 Å². The number of fused-ring (bicyclic) bond motifs is 1. The van der Waals surface area contributed by atoms with E-state index in [2.05, 4.69) is 14.7 Å². The number of para-hydroxylation sites is 1. The van der Waals surface area contributed by atoms with Crippen LogP contribution in [0.2, 0.25) is 0 Å². The van der Waals surface area contributed by atoms with Gasteiger partial charge in [0.05, 0.1) is 10.5 Å². The van der Waals surface area contributed by atoms with Crippen LogP contribution in [0.15, 0.2) is 57.8 Å². The number of nitrogens with one attached hydrogen (secondary N) is 2. The first-order chi connectivity index (χ1) is 13.8. The number of benzene rings is 2. The van der Waals surface area contributed by atoms with Crippen LogP contribution in [0.5, 0.6) is 0 Å². The predicted octanol–water partition coefficient (Wildman–Crippen LogP) is 3.54. The highest BCUT2D eigenvalue weighted by molar-refractivity contribution is 7.90. The molecule has 150 valence electrons. The van der Waals surface area contributed by atoms with E-state index in [0.717, 1.165) is 29.6 Å². The van der Waals surface area contributed by atoms with Gasteiger partial charge in [-0.3, -0.25) is 4.79 Å². The minimum absolute atomic E-state index is 0.103. The van der Waals surface area contributed by atoms with E-state index in [1.807, 2.05) is 43.1 Å². The van der Waals surface area contributed by atoms with Crippen LogP contribution in [-0.2, 0) is 10.0 Å². The third kappa shape index (κ3) is 3.75. The summed E-state index contributed by atoms with van der Waals surface area (Å²) < 4.78 is 29.0. The largest absolute Gasteiger partial charge is 0.362 e. The highest BCUT2D eigenvalue weighted by Gasteiger charge is 2.21. The molecule has 7 nitrogen and oxygen atoms in total. The summed E-state index contributed by atoms with van der Waals surface area (Å²) in [6.45, 7) is 2.66. The number of carbonyl (C=O) groups excluding carboxylic acids is 1. The number of rotatable bonds is 4. The number of anilines is 1. The Balaban J connectivity index is 1.55. The molecule has 1 saturated heterocycles. The number of amidine groups is 1. The molecule has 0 spiro atoms. The van der Waals surface area contributed by atoms with Crippen molar-refractivity contribution in [3.8, 4) is 0 Å². The summed E-state index contributed by atoms with van der Waals surface area (Å²) in [5, 5.41) is 3.68. The number of hydrogen-bond donors (Lipinski definition) is 2. The van der Waals surface area contributed by atoms with Gasteiger partial charge in [-0.2, -0.15) is 8.42 Å². The third-order valence-electron chi connectivity index (χ3n) is 5.09. The van der Waals surface area contributed by atoms with Crippen molar-refractivity contribution < 1.29 is 13.2 Å². The number of aromatic nitrogens is 1. The maximum Gasteiger partial charge on any atom is 0.283 e. The van der Waals surface area contributed by atoms with Crippen molar-refractivity contribution in [1.82, 2.24) is 9.88 Å². The molecule has 4 rings (SSSR count). The van der Waals surface area contributed by atoms with Crippen molar-refractivity contribution in [2.24, 2.45) is 4.40 Å². The normalized spacial score (nSPS) is 15.9. The lowest BCUT2D eigenvalue weighted by Crippen LogP contribution is -2.20. The third-order valence-corrected chi connectivity index (χ3v) is 6.41. The molecule has 2 heterocycles. The second kappa shape index (κ2) is 7.36. The quantitative estimate of drug-likeness (QED) is 0.688. The Morgan fingerprint density at radius 2 is 1.86 bits per heavy atom. The van der Waals surface area contributed by atoms with Gasteiger partial charge in [0.15, 0.2) is 0 Å². The Morgan fingerprint density at radius 3 is 2.55 bits per heavy atom. The molecule has 1 aliphatic heterocycles.